The maximum Gasteiger partial charge on any atom is 0.135 e. The number of rotatable bonds is 1. The predicted molar refractivity (Wildman–Crippen MR) is 48.3 cm³/mol. The number of halogens is 1. The molecule has 1 heterocycles. The van der Waals surface area contributed by atoms with Gasteiger partial charge in [-0.25, -0.2) is 4.39 Å². The number of nitrogens with zero attached hydrogens (tertiary/aromatic N) is 2. The Hall–Kier alpha value is -1.56. The van der Waals surface area contributed by atoms with Gasteiger partial charge in [0.15, 0.2) is 0 Å². The van der Waals surface area contributed by atoms with Crippen molar-refractivity contribution in [1.29, 1.82) is 5.26 Å². The molecule has 1 saturated heterocycles. The quantitative estimate of drug-likeness (QED) is 0.651. The summed E-state index contributed by atoms with van der Waals surface area (Å²) in [7, 11) is 0. The van der Waals surface area contributed by atoms with Gasteiger partial charge in [-0.15, -0.1) is 0 Å². The fraction of sp³-hybridized carbons (Fsp3) is 0.300. The van der Waals surface area contributed by atoms with E-state index in [2.05, 4.69) is 0 Å². The molecule has 1 aliphatic heterocycles. The molecule has 1 aromatic rings. The maximum absolute atomic E-state index is 12.5. The highest BCUT2D eigenvalue weighted by molar-refractivity contribution is 5.51. The standard InChI is InChI=1S/C10H9FN2/c11-9-6-13(7-9)10-3-1-8(5-12)2-4-10/h1-4,9H,6-7H2. The fourth-order valence-electron chi connectivity index (χ4n) is 1.38. The zero-order valence-corrected chi connectivity index (χ0v) is 7.07. The molecular weight excluding hydrogens is 167 g/mol. The molecule has 0 aliphatic carbocycles. The van der Waals surface area contributed by atoms with E-state index < -0.39 is 6.17 Å². The van der Waals surface area contributed by atoms with E-state index in [1.54, 1.807) is 12.1 Å². The number of alkyl halides is 1. The second kappa shape index (κ2) is 3.06. The molecule has 0 amide bonds. The van der Waals surface area contributed by atoms with Gasteiger partial charge in [0.2, 0.25) is 0 Å². The molecule has 0 atom stereocenters. The number of anilines is 1. The average molecular weight is 176 g/mol. The lowest BCUT2D eigenvalue weighted by molar-refractivity contribution is 0.275. The summed E-state index contributed by atoms with van der Waals surface area (Å²) in [6.45, 7) is 0.956. The van der Waals surface area contributed by atoms with Crippen LogP contribution in [0.3, 0.4) is 0 Å². The first-order valence-corrected chi connectivity index (χ1v) is 4.19. The monoisotopic (exact) mass is 176 g/mol. The van der Waals surface area contributed by atoms with E-state index >= 15 is 0 Å². The first-order chi connectivity index (χ1) is 6.29. The minimum absolute atomic E-state index is 0.478. The molecule has 0 aromatic heterocycles. The van der Waals surface area contributed by atoms with Crippen LogP contribution < -0.4 is 4.90 Å². The van der Waals surface area contributed by atoms with E-state index in [4.69, 9.17) is 5.26 Å². The summed E-state index contributed by atoms with van der Waals surface area (Å²) in [4.78, 5) is 1.95. The second-order valence-corrected chi connectivity index (χ2v) is 3.16. The topological polar surface area (TPSA) is 27.0 Å². The molecule has 0 radical (unpaired) electrons. The molecule has 2 nitrogen and oxygen atoms in total. The maximum atomic E-state index is 12.5. The summed E-state index contributed by atoms with van der Waals surface area (Å²) in [5, 5.41) is 8.56. The fourth-order valence-corrected chi connectivity index (χ4v) is 1.38. The van der Waals surface area contributed by atoms with Crippen molar-refractivity contribution >= 4 is 5.69 Å². The molecule has 13 heavy (non-hydrogen) atoms. The molecule has 3 heteroatoms. The predicted octanol–water partition coefficient (Wildman–Crippen LogP) is 1.72. The molecule has 0 spiro atoms. The van der Waals surface area contributed by atoms with Gasteiger partial charge in [0.25, 0.3) is 0 Å². The Morgan fingerprint density at radius 3 is 2.38 bits per heavy atom. The van der Waals surface area contributed by atoms with Crippen LogP contribution in [0.5, 0.6) is 0 Å². The SMILES string of the molecule is N#Cc1ccc(N2CC(F)C2)cc1. The van der Waals surface area contributed by atoms with Crippen molar-refractivity contribution < 1.29 is 4.39 Å². The Morgan fingerprint density at radius 1 is 1.31 bits per heavy atom. The lowest BCUT2D eigenvalue weighted by Crippen LogP contribution is -2.48. The van der Waals surface area contributed by atoms with Crippen LogP contribution in [0, 0.1) is 11.3 Å². The molecule has 1 aromatic carbocycles. The van der Waals surface area contributed by atoms with E-state index in [1.165, 1.54) is 0 Å². The van der Waals surface area contributed by atoms with Gasteiger partial charge in [-0.2, -0.15) is 5.26 Å². The van der Waals surface area contributed by atoms with Crippen molar-refractivity contribution in [2.24, 2.45) is 0 Å². The van der Waals surface area contributed by atoms with E-state index in [1.807, 2.05) is 23.1 Å². The van der Waals surface area contributed by atoms with Gasteiger partial charge >= 0.3 is 0 Å². The van der Waals surface area contributed by atoms with Crippen LogP contribution in [0.15, 0.2) is 24.3 Å². The van der Waals surface area contributed by atoms with Gasteiger partial charge in [0.1, 0.15) is 6.17 Å². The van der Waals surface area contributed by atoms with E-state index in [9.17, 15) is 4.39 Å². The van der Waals surface area contributed by atoms with Crippen LogP contribution in [0.2, 0.25) is 0 Å². The zero-order valence-electron chi connectivity index (χ0n) is 7.07. The number of benzene rings is 1. The second-order valence-electron chi connectivity index (χ2n) is 3.16. The van der Waals surface area contributed by atoms with Crippen LogP contribution in [0.25, 0.3) is 0 Å². The number of hydrogen-bond acceptors (Lipinski definition) is 2. The van der Waals surface area contributed by atoms with Crippen LogP contribution in [-0.4, -0.2) is 19.3 Å². The third-order valence-corrected chi connectivity index (χ3v) is 2.20. The highest BCUT2D eigenvalue weighted by atomic mass is 19.1. The Bertz CT molecular complexity index is 333. The van der Waals surface area contributed by atoms with Crippen LogP contribution in [0.4, 0.5) is 10.1 Å². The molecule has 1 aliphatic rings. The lowest BCUT2D eigenvalue weighted by atomic mass is 10.1. The van der Waals surface area contributed by atoms with Gasteiger partial charge in [-0.1, -0.05) is 0 Å². The van der Waals surface area contributed by atoms with Crippen molar-refractivity contribution in [3.63, 3.8) is 0 Å². The largest absolute Gasteiger partial charge is 0.366 e. The van der Waals surface area contributed by atoms with Crippen molar-refractivity contribution in [2.75, 3.05) is 18.0 Å². The minimum atomic E-state index is -0.685. The Kier molecular flexibility index (Phi) is 1.90. The zero-order chi connectivity index (χ0) is 9.26. The lowest BCUT2D eigenvalue weighted by Gasteiger charge is -2.36. The van der Waals surface area contributed by atoms with Gasteiger partial charge in [-0.05, 0) is 24.3 Å². The normalized spacial score (nSPS) is 16.5. The Morgan fingerprint density at radius 2 is 1.92 bits per heavy atom. The van der Waals surface area contributed by atoms with Crippen LogP contribution >= 0.6 is 0 Å². The van der Waals surface area contributed by atoms with Crippen molar-refractivity contribution in [3.05, 3.63) is 29.8 Å². The Labute approximate surface area is 76.2 Å². The summed E-state index contributed by atoms with van der Waals surface area (Å²) in [5.41, 5.74) is 1.63. The summed E-state index contributed by atoms with van der Waals surface area (Å²) in [6, 6.07) is 9.25. The molecule has 66 valence electrons. The van der Waals surface area contributed by atoms with Gasteiger partial charge in [0.05, 0.1) is 24.7 Å². The highest BCUT2D eigenvalue weighted by Crippen LogP contribution is 2.22. The summed E-state index contributed by atoms with van der Waals surface area (Å²) in [6.07, 6.45) is -0.685. The van der Waals surface area contributed by atoms with Crippen molar-refractivity contribution in [3.8, 4) is 6.07 Å². The molecule has 0 N–H and O–H groups in total. The number of hydrogen-bond donors (Lipinski definition) is 0. The molecule has 2 rings (SSSR count). The van der Waals surface area contributed by atoms with E-state index in [0.29, 0.717) is 18.7 Å². The molecular formula is C10H9FN2. The van der Waals surface area contributed by atoms with Gasteiger partial charge < -0.3 is 4.90 Å². The molecule has 0 unspecified atom stereocenters. The van der Waals surface area contributed by atoms with Crippen molar-refractivity contribution in [1.82, 2.24) is 0 Å². The Balaban J connectivity index is 2.11. The third-order valence-electron chi connectivity index (χ3n) is 2.20. The summed E-state index contributed by atoms with van der Waals surface area (Å²) in [5.74, 6) is 0. The summed E-state index contributed by atoms with van der Waals surface area (Å²) < 4.78 is 12.5. The van der Waals surface area contributed by atoms with Crippen LogP contribution in [-0.2, 0) is 0 Å². The van der Waals surface area contributed by atoms with Crippen LogP contribution in [0.1, 0.15) is 5.56 Å². The van der Waals surface area contributed by atoms with Gasteiger partial charge in [-0.3, -0.25) is 0 Å². The molecule has 1 fully saturated rings. The van der Waals surface area contributed by atoms with Crippen molar-refractivity contribution in [2.45, 2.75) is 6.17 Å². The first-order valence-electron chi connectivity index (χ1n) is 4.19. The first kappa shape index (κ1) is 8.06. The molecule has 0 saturated carbocycles. The average Bonchev–Trinajstić information content (AvgIpc) is 2.13. The number of nitriles is 1. The smallest absolute Gasteiger partial charge is 0.135 e. The molecule has 0 bridgehead atoms. The van der Waals surface area contributed by atoms with Gasteiger partial charge in [0, 0.05) is 5.69 Å². The third kappa shape index (κ3) is 1.48. The minimum Gasteiger partial charge on any atom is -0.366 e. The highest BCUT2D eigenvalue weighted by Gasteiger charge is 2.25. The van der Waals surface area contributed by atoms with E-state index in [-0.39, 0.29) is 0 Å². The van der Waals surface area contributed by atoms with E-state index in [0.717, 1.165) is 5.69 Å². The summed E-state index contributed by atoms with van der Waals surface area (Å²) >= 11 is 0.